The van der Waals surface area contributed by atoms with Gasteiger partial charge in [0.2, 0.25) is 0 Å². The van der Waals surface area contributed by atoms with Crippen molar-refractivity contribution in [2.45, 2.75) is 19.9 Å². The molecule has 0 aliphatic rings. The zero-order chi connectivity index (χ0) is 17.1. The van der Waals surface area contributed by atoms with Gasteiger partial charge < -0.3 is 5.32 Å². The van der Waals surface area contributed by atoms with Gasteiger partial charge in [-0.15, -0.1) is 11.3 Å². The maximum Gasteiger partial charge on any atom is 0.251 e. The monoisotopic (exact) mass is 403 g/mol. The highest BCUT2D eigenvalue weighted by Crippen LogP contribution is 2.24. The van der Waals surface area contributed by atoms with E-state index in [0.717, 1.165) is 15.9 Å². The molecule has 4 nitrogen and oxygen atoms in total. The second kappa shape index (κ2) is 7.32. The van der Waals surface area contributed by atoms with E-state index in [1.807, 2.05) is 54.2 Å². The number of aryl methyl sites for hydroxylation is 2. The van der Waals surface area contributed by atoms with Gasteiger partial charge >= 0.3 is 0 Å². The average molecular weight is 404 g/mol. The third kappa shape index (κ3) is 3.76. The molecule has 1 aromatic carbocycles. The Hall–Kier alpha value is -1.92. The lowest BCUT2D eigenvalue weighted by Crippen LogP contribution is -2.31. The number of hydrogen-bond donors (Lipinski definition) is 1. The van der Waals surface area contributed by atoms with Crippen molar-refractivity contribution in [2.75, 3.05) is 6.54 Å². The number of thiophene rings is 1. The second-order valence-electron chi connectivity index (χ2n) is 5.62. The van der Waals surface area contributed by atoms with E-state index in [1.54, 1.807) is 11.3 Å². The molecular weight excluding hydrogens is 386 g/mol. The van der Waals surface area contributed by atoms with Gasteiger partial charge in [-0.2, -0.15) is 5.10 Å². The molecule has 24 heavy (non-hydrogen) atoms. The molecule has 124 valence electrons. The van der Waals surface area contributed by atoms with Crippen LogP contribution in [0, 0.1) is 13.8 Å². The molecule has 0 bridgehead atoms. The number of rotatable bonds is 5. The lowest BCUT2D eigenvalue weighted by Gasteiger charge is -2.19. The van der Waals surface area contributed by atoms with E-state index in [9.17, 15) is 4.79 Å². The molecule has 2 aromatic heterocycles. The van der Waals surface area contributed by atoms with Gasteiger partial charge in [0.15, 0.2) is 0 Å². The maximum atomic E-state index is 12.4. The van der Waals surface area contributed by atoms with Crippen LogP contribution in [0.4, 0.5) is 0 Å². The number of hydrogen-bond acceptors (Lipinski definition) is 3. The Balaban J connectivity index is 1.80. The van der Waals surface area contributed by atoms with E-state index in [1.165, 1.54) is 4.88 Å². The van der Waals surface area contributed by atoms with Crippen LogP contribution < -0.4 is 5.32 Å². The Morgan fingerprint density at radius 1 is 1.29 bits per heavy atom. The fourth-order valence-corrected chi connectivity index (χ4v) is 3.88. The summed E-state index contributed by atoms with van der Waals surface area (Å²) < 4.78 is 2.88. The lowest BCUT2D eigenvalue weighted by atomic mass is 10.2. The van der Waals surface area contributed by atoms with Gasteiger partial charge in [-0.3, -0.25) is 9.48 Å². The van der Waals surface area contributed by atoms with Crippen LogP contribution in [0.1, 0.15) is 32.7 Å². The first-order valence-corrected chi connectivity index (χ1v) is 9.32. The summed E-state index contributed by atoms with van der Waals surface area (Å²) in [7, 11) is 0. The van der Waals surface area contributed by atoms with Crippen LogP contribution >= 0.6 is 27.3 Å². The van der Waals surface area contributed by atoms with E-state index in [2.05, 4.69) is 38.5 Å². The minimum Gasteiger partial charge on any atom is -0.350 e. The largest absolute Gasteiger partial charge is 0.350 e. The number of benzene rings is 1. The summed E-state index contributed by atoms with van der Waals surface area (Å²) in [6.45, 7) is 4.51. The molecule has 1 unspecified atom stereocenters. The minimum absolute atomic E-state index is 0.00481. The fraction of sp³-hybridized carbons (Fsp3) is 0.222. The number of aromatic nitrogens is 2. The standard InChI is InChI=1S/C18H18BrN3OS/c1-12-9-13(2)22(21-12)16(17-7-4-8-24-17)11-20-18(23)14-5-3-6-15(19)10-14/h3-10,16H,11H2,1-2H3,(H,20,23). The normalized spacial score (nSPS) is 12.1. The van der Waals surface area contributed by atoms with Crippen molar-refractivity contribution in [1.82, 2.24) is 15.1 Å². The van der Waals surface area contributed by atoms with Crippen molar-refractivity contribution in [3.05, 3.63) is 74.1 Å². The molecule has 6 heteroatoms. The molecule has 1 N–H and O–H groups in total. The van der Waals surface area contributed by atoms with Gasteiger partial charge in [0.1, 0.15) is 6.04 Å². The molecule has 0 radical (unpaired) electrons. The molecule has 0 fully saturated rings. The van der Waals surface area contributed by atoms with E-state index in [0.29, 0.717) is 12.1 Å². The number of carbonyl (C=O) groups is 1. The maximum absolute atomic E-state index is 12.4. The van der Waals surface area contributed by atoms with Crippen molar-refractivity contribution in [2.24, 2.45) is 0 Å². The van der Waals surface area contributed by atoms with Crippen LogP contribution in [-0.4, -0.2) is 22.2 Å². The molecule has 1 atom stereocenters. The Labute approximate surface area is 153 Å². The highest BCUT2D eigenvalue weighted by atomic mass is 79.9. The highest BCUT2D eigenvalue weighted by molar-refractivity contribution is 9.10. The molecule has 2 heterocycles. The van der Waals surface area contributed by atoms with Gasteiger partial charge in [-0.25, -0.2) is 0 Å². The molecule has 3 aromatic rings. The summed E-state index contributed by atoms with van der Waals surface area (Å²) in [5.74, 6) is -0.0839. The van der Waals surface area contributed by atoms with Crippen LogP contribution in [0.15, 0.2) is 52.3 Å². The average Bonchev–Trinajstić information content (AvgIpc) is 3.18. The van der Waals surface area contributed by atoms with Crippen molar-refractivity contribution < 1.29 is 4.79 Å². The quantitative estimate of drug-likeness (QED) is 0.688. The van der Waals surface area contributed by atoms with Crippen LogP contribution in [0.5, 0.6) is 0 Å². The van der Waals surface area contributed by atoms with E-state index in [4.69, 9.17) is 0 Å². The molecule has 3 rings (SSSR count). The Morgan fingerprint density at radius 3 is 2.75 bits per heavy atom. The SMILES string of the molecule is Cc1cc(C)n(C(CNC(=O)c2cccc(Br)c2)c2cccs2)n1. The van der Waals surface area contributed by atoms with Crippen molar-refractivity contribution in [1.29, 1.82) is 0 Å². The molecule has 1 amide bonds. The number of nitrogens with zero attached hydrogens (tertiary/aromatic N) is 2. The van der Waals surface area contributed by atoms with Crippen LogP contribution in [0.2, 0.25) is 0 Å². The Bertz CT molecular complexity index is 842. The number of nitrogens with one attached hydrogen (secondary N) is 1. The van der Waals surface area contributed by atoms with Crippen molar-refractivity contribution in [3.8, 4) is 0 Å². The topological polar surface area (TPSA) is 46.9 Å². The van der Waals surface area contributed by atoms with Crippen LogP contribution in [0.25, 0.3) is 0 Å². The van der Waals surface area contributed by atoms with Gasteiger partial charge in [0.25, 0.3) is 5.91 Å². The van der Waals surface area contributed by atoms with Gasteiger partial charge in [0, 0.05) is 27.2 Å². The first-order chi connectivity index (χ1) is 11.5. The summed E-state index contributed by atoms with van der Waals surface area (Å²) in [6, 6.07) is 13.5. The molecule has 0 aliphatic heterocycles. The smallest absolute Gasteiger partial charge is 0.251 e. The molecule has 0 spiro atoms. The summed E-state index contributed by atoms with van der Waals surface area (Å²) in [4.78, 5) is 13.6. The summed E-state index contributed by atoms with van der Waals surface area (Å²) >= 11 is 5.07. The zero-order valence-electron chi connectivity index (χ0n) is 13.5. The first-order valence-electron chi connectivity index (χ1n) is 7.64. The fourth-order valence-electron chi connectivity index (χ4n) is 2.67. The minimum atomic E-state index is -0.0839. The second-order valence-corrected chi connectivity index (χ2v) is 7.52. The predicted octanol–water partition coefficient (Wildman–Crippen LogP) is 4.34. The summed E-state index contributed by atoms with van der Waals surface area (Å²) in [6.07, 6.45) is 0. The van der Waals surface area contributed by atoms with E-state index in [-0.39, 0.29) is 11.9 Å². The lowest BCUT2D eigenvalue weighted by molar-refractivity contribution is 0.0949. The number of amides is 1. The molecular formula is C18H18BrN3OS. The summed E-state index contributed by atoms with van der Waals surface area (Å²) in [5.41, 5.74) is 2.71. The third-order valence-electron chi connectivity index (χ3n) is 3.75. The number of halogens is 1. The van der Waals surface area contributed by atoms with E-state index >= 15 is 0 Å². The van der Waals surface area contributed by atoms with Crippen LogP contribution in [-0.2, 0) is 0 Å². The van der Waals surface area contributed by atoms with Crippen molar-refractivity contribution >= 4 is 33.2 Å². The van der Waals surface area contributed by atoms with E-state index < -0.39 is 0 Å². The zero-order valence-corrected chi connectivity index (χ0v) is 15.9. The van der Waals surface area contributed by atoms with Gasteiger partial charge in [-0.1, -0.05) is 28.1 Å². The van der Waals surface area contributed by atoms with Gasteiger partial charge in [-0.05, 0) is 49.6 Å². The molecule has 0 saturated heterocycles. The Morgan fingerprint density at radius 2 is 2.12 bits per heavy atom. The van der Waals surface area contributed by atoms with Crippen molar-refractivity contribution in [3.63, 3.8) is 0 Å². The third-order valence-corrected chi connectivity index (χ3v) is 5.22. The Kier molecular flexibility index (Phi) is 5.16. The highest BCUT2D eigenvalue weighted by Gasteiger charge is 2.19. The molecule has 0 aliphatic carbocycles. The number of carbonyl (C=O) groups excluding carboxylic acids is 1. The van der Waals surface area contributed by atoms with Crippen LogP contribution in [0.3, 0.4) is 0 Å². The first kappa shape index (κ1) is 16.9. The summed E-state index contributed by atoms with van der Waals surface area (Å²) in [5, 5.41) is 9.68. The van der Waals surface area contributed by atoms with Gasteiger partial charge in [0.05, 0.1) is 5.69 Å². The predicted molar refractivity (Wildman–Crippen MR) is 101 cm³/mol. The molecule has 0 saturated carbocycles.